The number of ether oxygens (including phenoxy) is 1. The summed E-state index contributed by atoms with van der Waals surface area (Å²) in [6, 6.07) is 2.42. The average molecular weight is 222 g/mol. The summed E-state index contributed by atoms with van der Waals surface area (Å²) in [7, 11) is 0. The van der Waals surface area contributed by atoms with E-state index >= 15 is 0 Å². The third-order valence-electron chi connectivity index (χ3n) is 3.98. The summed E-state index contributed by atoms with van der Waals surface area (Å²) < 4.78 is 5.70. The number of nitriles is 1. The van der Waals surface area contributed by atoms with Crippen molar-refractivity contribution in [3.05, 3.63) is 0 Å². The maximum absolute atomic E-state index is 9.00. The topological polar surface area (TPSA) is 36.3 Å². The Labute approximate surface area is 98.4 Å². The molecule has 0 aromatic heterocycles. The largest absolute Gasteiger partial charge is 0.377 e. The van der Waals surface area contributed by atoms with Crippen LogP contribution >= 0.6 is 0 Å². The first-order chi connectivity index (χ1) is 7.62. The van der Waals surface area contributed by atoms with E-state index in [-0.39, 0.29) is 11.5 Å². The molecule has 3 nitrogen and oxygen atoms in total. The van der Waals surface area contributed by atoms with Crippen molar-refractivity contribution in [2.45, 2.75) is 51.2 Å². The van der Waals surface area contributed by atoms with Crippen molar-refractivity contribution in [1.82, 2.24) is 4.90 Å². The molecule has 2 rings (SSSR count). The lowest BCUT2D eigenvalue weighted by Gasteiger charge is -2.45. The van der Waals surface area contributed by atoms with Crippen LogP contribution in [0.5, 0.6) is 0 Å². The van der Waals surface area contributed by atoms with Gasteiger partial charge in [0.1, 0.15) is 0 Å². The maximum atomic E-state index is 9.00. The van der Waals surface area contributed by atoms with E-state index < -0.39 is 0 Å². The molecule has 2 aliphatic rings. The number of hydrogen-bond donors (Lipinski definition) is 0. The van der Waals surface area contributed by atoms with Crippen LogP contribution in [-0.2, 0) is 4.74 Å². The normalized spacial score (nSPS) is 34.8. The number of rotatable bonds is 2. The van der Waals surface area contributed by atoms with Crippen LogP contribution < -0.4 is 0 Å². The number of piperidine rings is 1. The molecule has 0 bridgehead atoms. The van der Waals surface area contributed by atoms with Gasteiger partial charge in [-0.15, -0.1) is 0 Å². The molecule has 3 heteroatoms. The molecular formula is C13H22N2O. The van der Waals surface area contributed by atoms with Crippen molar-refractivity contribution in [1.29, 1.82) is 5.26 Å². The molecule has 2 heterocycles. The highest BCUT2D eigenvalue weighted by Crippen LogP contribution is 2.32. The summed E-state index contributed by atoms with van der Waals surface area (Å²) in [4.78, 5) is 2.51. The lowest BCUT2D eigenvalue weighted by molar-refractivity contribution is 0.00440. The second-order valence-corrected chi connectivity index (χ2v) is 5.71. The fourth-order valence-electron chi connectivity index (χ4n) is 2.93. The van der Waals surface area contributed by atoms with Gasteiger partial charge >= 0.3 is 0 Å². The first-order valence-corrected chi connectivity index (χ1v) is 6.38. The first-order valence-electron chi connectivity index (χ1n) is 6.38. The van der Waals surface area contributed by atoms with Gasteiger partial charge in [-0.3, -0.25) is 4.90 Å². The molecule has 0 N–H and O–H groups in total. The van der Waals surface area contributed by atoms with Crippen molar-refractivity contribution in [2.24, 2.45) is 5.92 Å². The van der Waals surface area contributed by atoms with Crippen LogP contribution in [0.2, 0.25) is 0 Å². The van der Waals surface area contributed by atoms with Crippen LogP contribution in [0.25, 0.3) is 0 Å². The highest BCUT2D eigenvalue weighted by Gasteiger charge is 2.36. The van der Waals surface area contributed by atoms with Gasteiger partial charge in [-0.2, -0.15) is 5.26 Å². The highest BCUT2D eigenvalue weighted by atomic mass is 16.5. The van der Waals surface area contributed by atoms with E-state index in [0.717, 1.165) is 32.5 Å². The molecule has 0 spiro atoms. The Hall–Kier alpha value is -0.590. The van der Waals surface area contributed by atoms with Gasteiger partial charge in [0, 0.05) is 31.2 Å². The van der Waals surface area contributed by atoms with Gasteiger partial charge in [-0.1, -0.05) is 0 Å². The smallest absolute Gasteiger partial charge is 0.0703 e. The highest BCUT2D eigenvalue weighted by molar-refractivity contribution is 4.97. The van der Waals surface area contributed by atoms with E-state index in [0.29, 0.717) is 6.10 Å². The van der Waals surface area contributed by atoms with Crippen LogP contribution in [0.15, 0.2) is 0 Å². The molecule has 0 aromatic rings. The molecule has 0 aromatic carbocycles. The summed E-state index contributed by atoms with van der Waals surface area (Å²) in [5, 5.41) is 9.00. The average Bonchev–Trinajstić information content (AvgIpc) is 2.73. The lowest BCUT2D eigenvalue weighted by Crippen LogP contribution is -2.52. The Kier molecular flexibility index (Phi) is 3.51. The molecule has 2 saturated heterocycles. The summed E-state index contributed by atoms with van der Waals surface area (Å²) in [5.74, 6) is 0.246. The zero-order chi connectivity index (χ0) is 11.6. The quantitative estimate of drug-likeness (QED) is 0.718. The molecule has 0 saturated carbocycles. The summed E-state index contributed by atoms with van der Waals surface area (Å²) in [6.45, 7) is 7.53. The minimum absolute atomic E-state index is 0.157. The number of nitrogens with zero attached hydrogens (tertiary/aromatic N) is 2. The maximum Gasteiger partial charge on any atom is 0.0703 e. The molecule has 2 fully saturated rings. The molecule has 2 atom stereocenters. The van der Waals surface area contributed by atoms with Crippen molar-refractivity contribution in [3.8, 4) is 6.07 Å². The Morgan fingerprint density at radius 3 is 2.81 bits per heavy atom. The minimum atomic E-state index is 0.157. The molecule has 0 amide bonds. The molecular weight excluding hydrogens is 200 g/mol. The monoisotopic (exact) mass is 222 g/mol. The second-order valence-electron chi connectivity index (χ2n) is 5.71. The number of likely N-dealkylation sites (tertiary alicyclic amines) is 1. The van der Waals surface area contributed by atoms with Gasteiger partial charge < -0.3 is 4.74 Å². The van der Waals surface area contributed by atoms with Gasteiger partial charge in [0.05, 0.1) is 12.2 Å². The lowest BCUT2D eigenvalue weighted by atomic mass is 9.83. The molecule has 2 unspecified atom stereocenters. The predicted octanol–water partition coefficient (Wildman–Crippen LogP) is 2.18. The Morgan fingerprint density at radius 2 is 2.25 bits per heavy atom. The van der Waals surface area contributed by atoms with Crippen LogP contribution in [0.4, 0.5) is 0 Å². The Bertz CT molecular complexity index is 276. The first kappa shape index (κ1) is 11.9. The molecule has 16 heavy (non-hydrogen) atoms. The van der Waals surface area contributed by atoms with Crippen LogP contribution in [0, 0.1) is 17.2 Å². The van der Waals surface area contributed by atoms with E-state index in [9.17, 15) is 0 Å². The Balaban J connectivity index is 1.92. The second kappa shape index (κ2) is 4.73. The summed E-state index contributed by atoms with van der Waals surface area (Å²) >= 11 is 0. The predicted molar refractivity (Wildman–Crippen MR) is 63.0 cm³/mol. The van der Waals surface area contributed by atoms with Gasteiger partial charge in [-0.05, 0) is 39.5 Å². The van der Waals surface area contributed by atoms with Gasteiger partial charge in [0.15, 0.2) is 0 Å². The molecule has 2 aliphatic heterocycles. The SMILES string of the molecule is CC1(C)CC(C#N)CCN1CC1CCCO1. The Morgan fingerprint density at radius 1 is 1.44 bits per heavy atom. The van der Waals surface area contributed by atoms with Crippen LogP contribution in [0.3, 0.4) is 0 Å². The van der Waals surface area contributed by atoms with E-state index in [1.165, 1.54) is 12.8 Å². The fourth-order valence-corrected chi connectivity index (χ4v) is 2.93. The molecule has 90 valence electrons. The van der Waals surface area contributed by atoms with E-state index in [1.807, 2.05) is 0 Å². The van der Waals surface area contributed by atoms with Crippen LogP contribution in [-0.4, -0.2) is 36.2 Å². The van der Waals surface area contributed by atoms with E-state index in [4.69, 9.17) is 10.00 Å². The van der Waals surface area contributed by atoms with E-state index in [1.54, 1.807) is 0 Å². The van der Waals surface area contributed by atoms with Gasteiger partial charge in [0.2, 0.25) is 0 Å². The van der Waals surface area contributed by atoms with E-state index in [2.05, 4.69) is 24.8 Å². The third kappa shape index (κ3) is 2.56. The van der Waals surface area contributed by atoms with Crippen molar-refractivity contribution in [3.63, 3.8) is 0 Å². The minimum Gasteiger partial charge on any atom is -0.377 e. The zero-order valence-electron chi connectivity index (χ0n) is 10.4. The zero-order valence-corrected chi connectivity index (χ0v) is 10.4. The van der Waals surface area contributed by atoms with Gasteiger partial charge in [0.25, 0.3) is 0 Å². The third-order valence-corrected chi connectivity index (χ3v) is 3.98. The fraction of sp³-hybridized carbons (Fsp3) is 0.923. The molecule has 0 radical (unpaired) electrons. The van der Waals surface area contributed by atoms with Crippen molar-refractivity contribution < 1.29 is 4.74 Å². The molecule has 0 aliphatic carbocycles. The van der Waals surface area contributed by atoms with Crippen molar-refractivity contribution in [2.75, 3.05) is 19.7 Å². The summed E-state index contributed by atoms with van der Waals surface area (Å²) in [5.41, 5.74) is 0.157. The summed E-state index contributed by atoms with van der Waals surface area (Å²) in [6.07, 6.45) is 4.86. The van der Waals surface area contributed by atoms with Crippen molar-refractivity contribution >= 4 is 0 Å². The van der Waals surface area contributed by atoms with Crippen LogP contribution in [0.1, 0.15) is 39.5 Å². The van der Waals surface area contributed by atoms with Gasteiger partial charge in [-0.25, -0.2) is 0 Å². The standard InChI is InChI=1S/C13H22N2O/c1-13(2)8-11(9-14)5-6-15(13)10-12-4-3-7-16-12/h11-12H,3-8,10H2,1-2H3. The number of hydrogen-bond acceptors (Lipinski definition) is 3.